The number of aliphatic hydroxyl groups is 1. The fourth-order valence-electron chi connectivity index (χ4n) is 4.17. The van der Waals surface area contributed by atoms with E-state index in [1.54, 1.807) is 29.6 Å². The van der Waals surface area contributed by atoms with Crippen molar-refractivity contribution in [1.29, 1.82) is 0 Å². The van der Waals surface area contributed by atoms with Gasteiger partial charge in [0.15, 0.2) is 5.60 Å². The van der Waals surface area contributed by atoms with Crippen LogP contribution >= 0.6 is 11.3 Å². The Kier molecular flexibility index (Phi) is 6.98. The Labute approximate surface area is 205 Å². The van der Waals surface area contributed by atoms with Gasteiger partial charge in [0.05, 0.1) is 0 Å². The van der Waals surface area contributed by atoms with E-state index in [9.17, 15) is 31.1 Å². The summed E-state index contributed by atoms with van der Waals surface area (Å²) in [6.07, 6.45) is -4.51. The Bertz CT molecular complexity index is 1260. The van der Waals surface area contributed by atoms with Gasteiger partial charge in [0.1, 0.15) is 10.0 Å². The number of anilines is 1. The van der Waals surface area contributed by atoms with Gasteiger partial charge in [-0.1, -0.05) is 30.3 Å². The third kappa shape index (κ3) is 5.23. The van der Waals surface area contributed by atoms with Gasteiger partial charge in [0, 0.05) is 31.4 Å². The zero-order valence-corrected chi connectivity index (χ0v) is 20.4. The van der Waals surface area contributed by atoms with Crippen LogP contribution < -0.4 is 4.90 Å². The van der Waals surface area contributed by atoms with Crippen LogP contribution in [0.25, 0.3) is 0 Å². The molecule has 4 rings (SSSR count). The van der Waals surface area contributed by atoms with Crippen molar-refractivity contribution in [3.05, 3.63) is 83.0 Å². The normalized spacial score (nSPS) is 19.5. The fourth-order valence-corrected chi connectivity index (χ4v) is 6.79. The third-order valence-corrected chi connectivity index (χ3v) is 9.45. The number of piperazine rings is 1. The van der Waals surface area contributed by atoms with E-state index in [1.807, 2.05) is 4.90 Å². The molecular formula is C24H24F4N2O3S2. The molecule has 35 heavy (non-hydrogen) atoms. The number of nitrogens with zero attached hydrogens (tertiary/aromatic N) is 2. The first kappa shape index (κ1) is 25.6. The summed E-state index contributed by atoms with van der Waals surface area (Å²) in [4.78, 5) is 1.91. The molecule has 1 aromatic heterocycles. The van der Waals surface area contributed by atoms with E-state index in [2.05, 4.69) is 0 Å². The lowest BCUT2D eigenvalue weighted by atomic mass is 9.94. The van der Waals surface area contributed by atoms with Gasteiger partial charge in [-0.15, -0.1) is 11.3 Å². The van der Waals surface area contributed by atoms with Crippen molar-refractivity contribution in [3.63, 3.8) is 0 Å². The summed E-state index contributed by atoms with van der Waals surface area (Å²) in [6.45, 7) is 1.29. The maximum absolute atomic E-state index is 13.8. The van der Waals surface area contributed by atoms with Crippen molar-refractivity contribution in [2.24, 2.45) is 0 Å². The van der Waals surface area contributed by atoms with Crippen molar-refractivity contribution >= 4 is 27.0 Å². The Morgan fingerprint density at radius 2 is 1.77 bits per heavy atom. The number of sulfonamides is 1. The van der Waals surface area contributed by atoms with Gasteiger partial charge in [-0.2, -0.15) is 17.5 Å². The molecular weight excluding hydrogens is 504 g/mol. The molecule has 1 N–H and O–H groups in total. The Hall–Kier alpha value is -2.47. The minimum absolute atomic E-state index is 0.124. The molecule has 11 heteroatoms. The summed E-state index contributed by atoms with van der Waals surface area (Å²) in [7, 11) is -3.71. The van der Waals surface area contributed by atoms with Crippen molar-refractivity contribution in [2.75, 3.05) is 24.5 Å². The Balaban J connectivity index is 1.64. The van der Waals surface area contributed by atoms with Crippen molar-refractivity contribution < 1.29 is 31.1 Å². The van der Waals surface area contributed by atoms with Gasteiger partial charge < -0.3 is 10.0 Å². The van der Waals surface area contributed by atoms with Gasteiger partial charge in [0.2, 0.25) is 0 Å². The lowest BCUT2D eigenvalue weighted by molar-refractivity contribution is -0.258. The highest BCUT2D eigenvalue weighted by Gasteiger charge is 2.51. The topological polar surface area (TPSA) is 60.9 Å². The second-order valence-electron chi connectivity index (χ2n) is 8.59. The highest BCUT2D eigenvalue weighted by Crippen LogP contribution is 2.39. The second-order valence-corrected chi connectivity index (χ2v) is 11.7. The molecule has 0 bridgehead atoms. The van der Waals surface area contributed by atoms with E-state index >= 15 is 0 Å². The lowest BCUT2D eigenvalue weighted by Crippen LogP contribution is -2.55. The first-order chi connectivity index (χ1) is 16.4. The molecule has 2 atom stereocenters. The Morgan fingerprint density at radius 3 is 2.37 bits per heavy atom. The third-order valence-electron chi connectivity index (χ3n) is 6.21. The fraction of sp³-hybridized carbons (Fsp3) is 0.333. The van der Waals surface area contributed by atoms with Crippen LogP contribution in [-0.2, 0) is 22.0 Å². The second kappa shape index (κ2) is 9.53. The zero-order chi connectivity index (χ0) is 25.4. The predicted molar refractivity (Wildman–Crippen MR) is 126 cm³/mol. The van der Waals surface area contributed by atoms with E-state index in [0.29, 0.717) is 31.1 Å². The predicted octanol–water partition coefficient (Wildman–Crippen LogP) is 4.78. The molecule has 3 aromatic rings. The summed E-state index contributed by atoms with van der Waals surface area (Å²) in [5, 5.41) is 11.6. The molecule has 1 aliphatic heterocycles. The number of halogens is 4. The highest BCUT2D eigenvalue weighted by molar-refractivity contribution is 7.91. The van der Waals surface area contributed by atoms with Crippen LogP contribution in [-0.4, -0.2) is 49.7 Å². The molecule has 0 radical (unpaired) electrons. The first-order valence-corrected chi connectivity index (χ1v) is 13.2. The minimum atomic E-state index is -4.84. The smallest absolute Gasteiger partial charge is 0.376 e. The number of alkyl halides is 3. The summed E-state index contributed by atoms with van der Waals surface area (Å²) in [5.41, 5.74) is -2.04. The number of hydrogen-bond acceptors (Lipinski definition) is 5. The van der Waals surface area contributed by atoms with Crippen molar-refractivity contribution in [2.45, 2.75) is 35.4 Å². The first-order valence-electron chi connectivity index (χ1n) is 10.8. The zero-order valence-electron chi connectivity index (χ0n) is 18.7. The van der Waals surface area contributed by atoms with Gasteiger partial charge in [-0.05, 0) is 60.2 Å². The SMILES string of the molecule is CC(O)(c1ccc(N2CCN(S(=O)(=O)c3cccs3)C[C@@H]2Cc2cccc(F)c2)cc1)C(F)(F)F. The van der Waals surface area contributed by atoms with Crippen LogP contribution in [0.2, 0.25) is 0 Å². The van der Waals surface area contributed by atoms with Crippen LogP contribution in [0.15, 0.2) is 70.3 Å². The maximum atomic E-state index is 13.8. The number of benzene rings is 2. The number of rotatable bonds is 6. The summed E-state index contributed by atoms with van der Waals surface area (Å²) < 4.78 is 81.4. The van der Waals surface area contributed by atoms with Crippen LogP contribution in [0.5, 0.6) is 0 Å². The lowest BCUT2D eigenvalue weighted by Gasteiger charge is -2.42. The largest absolute Gasteiger partial charge is 0.421 e. The summed E-state index contributed by atoms with van der Waals surface area (Å²) >= 11 is 1.13. The van der Waals surface area contributed by atoms with E-state index in [0.717, 1.165) is 11.3 Å². The molecule has 0 saturated carbocycles. The minimum Gasteiger partial charge on any atom is -0.376 e. The molecule has 0 spiro atoms. The molecule has 5 nitrogen and oxygen atoms in total. The summed E-state index contributed by atoms with van der Waals surface area (Å²) in [5.74, 6) is -0.411. The standard InChI is InChI=1S/C24H24F4N2O3S2/c1-23(31,24(26,27)28)18-7-9-20(10-8-18)30-12-11-29(35(32,33)22-6-3-13-34-22)16-21(30)15-17-4-2-5-19(25)14-17/h2-10,13-14,21,31H,11-12,15-16H2,1H3/t21-,23?/m0/s1. The monoisotopic (exact) mass is 528 g/mol. The highest BCUT2D eigenvalue weighted by atomic mass is 32.2. The van der Waals surface area contributed by atoms with E-state index in [4.69, 9.17) is 0 Å². The van der Waals surface area contributed by atoms with Gasteiger partial charge in [-0.25, -0.2) is 12.8 Å². The van der Waals surface area contributed by atoms with E-state index in [-0.39, 0.29) is 22.9 Å². The molecule has 1 saturated heterocycles. The summed E-state index contributed by atoms with van der Waals surface area (Å²) in [6, 6.07) is 14.2. The average molecular weight is 529 g/mol. The average Bonchev–Trinajstić information content (AvgIpc) is 3.34. The Morgan fingerprint density at radius 1 is 1.06 bits per heavy atom. The number of hydrogen-bond donors (Lipinski definition) is 1. The van der Waals surface area contributed by atoms with Crippen LogP contribution in [0.3, 0.4) is 0 Å². The maximum Gasteiger partial charge on any atom is 0.421 e. The van der Waals surface area contributed by atoms with Gasteiger partial charge in [0.25, 0.3) is 10.0 Å². The molecule has 0 aliphatic carbocycles. The quantitative estimate of drug-likeness (QED) is 0.468. The molecule has 2 aromatic carbocycles. The molecule has 188 valence electrons. The molecule has 0 amide bonds. The van der Waals surface area contributed by atoms with Crippen LogP contribution in [0, 0.1) is 5.82 Å². The van der Waals surface area contributed by atoms with Crippen molar-refractivity contribution in [3.8, 4) is 0 Å². The van der Waals surface area contributed by atoms with Crippen LogP contribution in [0.4, 0.5) is 23.2 Å². The van der Waals surface area contributed by atoms with Gasteiger partial charge >= 0.3 is 6.18 Å². The van der Waals surface area contributed by atoms with Crippen molar-refractivity contribution in [1.82, 2.24) is 4.31 Å². The van der Waals surface area contributed by atoms with E-state index < -0.39 is 33.7 Å². The van der Waals surface area contributed by atoms with Crippen LogP contribution in [0.1, 0.15) is 18.1 Å². The molecule has 1 fully saturated rings. The molecule has 1 aliphatic rings. The number of thiophene rings is 1. The van der Waals surface area contributed by atoms with Gasteiger partial charge in [-0.3, -0.25) is 0 Å². The molecule has 2 heterocycles. The van der Waals surface area contributed by atoms with E-state index in [1.165, 1.54) is 40.7 Å². The molecule has 1 unspecified atom stereocenters.